The van der Waals surface area contributed by atoms with Crippen molar-refractivity contribution in [2.75, 3.05) is 6.26 Å². The predicted molar refractivity (Wildman–Crippen MR) is 97.9 cm³/mol. The first-order valence-electron chi connectivity index (χ1n) is 8.08. The zero-order valence-corrected chi connectivity index (χ0v) is 15.9. The number of aliphatic carboxylic acids is 1. The van der Waals surface area contributed by atoms with Gasteiger partial charge in [-0.15, -0.1) is 0 Å². The van der Waals surface area contributed by atoms with Gasteiger partial charge in [-0.3, -0.25) is 9.59 Å². The lowest BCUT2D eigenvalue weighted by atomic mass is 10.00. The van der Waals surface area contributed by atoms with Gasteiger partial charge < -0.3 is 10.4 Å². The Kier molecular flexibility index (Phi) is 6.00. The summed E-state index contributed by atoms with van der Waals surface area (Å²) in [6.45, 7) is 3.37. The van der Waals surface area contributed by atoms with Crippen molar-refractivity contribution in [3.8, 4) is 0 Å². The Bertz CT molecular complexity index is 984. The first-order valence-corrected chi connectivity index (χ1v) is 9.97. The van der Waals surface area contributed by atoms with Gasteiger partial charge in [0, 0.05) is 11.8 Å². The number of aryl methyl sites for hydroxylation is 1. The maximum Gasteiger partial charge on any atom is 0.305 e. The summed E-state index contributed by atoms with van der Waals surface area (Å²) < 4.78 is 36.8. The lowest BCUT2D eigenvalue weighted by Crippen LogP contribution is -2.31. The molecular weight excluding hydrogens is 373 g/mol. The third kappa shape index (κ3) is 5.13. The van der Waals surface area contributed by atoms with Gasteiger partial charge in [-0.1, -0.05) is 12.1 Å². The molecule has 0 heterocycles. The van der Waals surface area contributed by atoms with Crippen molar-refractivity contribution in [3.05, 3.63) is 64.5 Å². The quantitative estimate of drug-likeness (QED) is 0.786. The van der Waals surface area contributed by atoms with E-state index in [0.717, 1.165) is 6.26 Å². The molecule has 0 radical (unpaired) electrons. The second-order valence-corrected chi connectivity index (χ2v) is 8.38. The molecule has 8 heteroatoms. The Hall–Kier alpha value is -2.74. The van der Waals surface area contributed by atoms with Crippen molar-refractivity contribution in [3.63, 3.8) is 0 Å². The van der Waals surface area contributed by atoms with Crippen molar-refractivity contribution >= 4 is 21.7 Å². The number of hydrogen-bond acceptors (Lipinski definition) is 4. The molecule has 6 nitrogen and oxygen atoms in total. The maximum atomic E-state index is 13.1. The van der Waals surface area contributed by atoms with Crippen LogP contribution in [0, 0.1) is 19.7 Å². The van der Waals surface area contributed by atoms with Crippen LogP contribution in [0.5, 0.6) is 0 Å². The van der Waals surface area contributed by atoms with E-state index in [4.69, 9.17) is 5.11 Å². The van der Waals surface area contributed by atoms with Crippen LogP contribution in [0.4, 0.5) is 4.39 Å². The van der Waals surface area contributed by atoms with Gasteiger partial charge in [-0.05, 0) is 54.8 Å². The average Bonchev–Trinajstić information content (AvgIpc) is 2.55. The Balaban J connectivity index is 2.41. The van der Waals surface area contributed by atoms with Crippen LogP contribution in [0.25, 0.3) is 0 Å². The molecule has 0 saturated heterocycles. The molecule has 2 N–H and O–H groups in total. The van der Waals surface area contributed by atoms with E-state index >= 15 is 0 Å². The van der Waals surface area contributed by atoms with Crippen LogP contribution in [0.2, 0.25) is 0 Å². The number of rotatable bonds is 6. The topological polar surface area (TPSA) is 101 Å². The fraction of sp³-hybridized carbons (Fsp3) is 0.263. The van der Waals surface area contributed by atoms with E-state index in [0.29, 0.717) is 16.7 Å². The largest absolute Gasteiger partial charge is 0.481 e. The van der Waals surface area contributed by atoms with Crippen molar-refractivity contribution in [1.29, 1.82) is 0 Å². The van der Waals surface area contributed by atoms with Crippen LogP contribution >= 0.6 is 0 Å². The molecule has 0 aliphatic carbocycles. The molecule has 1 atom stereocenters. The normalized spacial score (nSPS) is 12.4. The Morgan fingerprint density at radius 1 is 1.15 bits per heavy atom. The number of carbonyl (C=O) groups excluding carboxylic acids is 1. The second-order valence-electron chi connectivity index (χ2n) is 6.36. The molecule has 0 aromatic heterocycles. The van der Waals surface area contributed by atoms with Crippen LogP contribution in [0.3, 0.4) is 0 Å². The Morgan fingerprint density at radius 3 is 2.26 bits per heavy atom. The number of carboxylic acid groups (broad SMARTS) is 1. The van der Waals surface area contributed by atoms with E-state index in [1.807, 2.05) is 0 Å². The average molecular weight is 393 g/mol. The molecule has 144 valence electrons. The fourth-order valence-electron chi connectivity index (χ4n) is 2.63. The highest BCUT2D eigenvalue weighted by molar-refractivity contribution is 7.90. The van der Waals surface area contributed by atoms with Gasteiger partial charge in [0.05, 0.1) is 17.4 Å². The van der Waals surface area contributed by atoms with E-state index in [2.05, 4.69) is 5.32 Å². The number of nitrogens with one attached hydrogen (secondary N) is 1. The molecule has 27 heavy (non-hydrogen) atoms. The summed E-state index contributed by atoms with van der Waals surface area (Å²) in [5.41, 5.74) is 1.79. The summed E-state index contributed by atoms with van der Waals surface area (Å²) in [6.07, 6.45) is 0.645. The molecule has 0 fully saturated rings. The molecule has 0 aliphatic heterocycles. The first-order chi connectivity index (χ1) is 12.5. The molecule has 2 aromatic rings. The van der Waals surface area contributed by atoms with Crippen molar-refractivity contribution in [1.82, 2.24) is 5.32 Å². The van der Waals surface area contributed by atoms with Gasteiger partial charge in [0.1, 0.15) is 5.82 Å². The number of carboxylic acids is 1. The standard InChI is InChI=1S/C19H20FNO5S/c1-11-8-15(27(3,25)26)9-16(12(11)2)19(24)21-17(10-18(22)23)13-4-6-14(20)7-5-13/h4-9,17H,10H2,1-3H3,(H,21,24)(H,22,23). The molecule has 0 saturated carbocycles. The van der Waals surface area contributed by atoms with Crippen molar-refractivity contribution < 1.29 is 27.5 Å². The molecule has 0 aliphatic rings. The number of sulfone groups is 1. The number of hydrogen-bond donors (Lipinski definition) is 2. The molecular formula is C19H20FNO5S. The highest BCUT2D eigenvalue weighted by atomic mass is 32.2. The zero-order chi connectivity index (χ0) is 20.4. The van der Waals surface area contributed by atoms with Gasteiger partial charge in [-0.2, -0.15) is 0 Å². The van der Waals surface area contributed by atoms with Gasteiger partial charge in [0.15, 0.2) is 9.84 Å². The minimum absolute atomic E-state index is 0.00677. The molecule has 1 amide bonds. The highest BCUT2D eigenvalue weighted by Gasteiger charge is 2.22. The summed E-state index contributed by atoms with van der Waals surface area (Å²) in [5.74, 6) is -2.22. The van der Waals surface area contributed by atoms with E-state index in [9.17, 15) is 22.4 Å². The van der Waals surface area contributed by atoms with E-state index < -0.39 is 40.0 Å². The Labute approximate surface area is 157 Å². The molecule has 2 aromatic carbocycles. The molecule has 1 unspecified atom stereocenters. The third-order valence-corrected chi connectivity index (χ3v) is 5.36. The zero-order valence-electron chi connectivity index (χ0n) is 15.1. The highest BCUT2D eigenvalue weighted by Crippen LogP contribution is 2.23. The lowest BCUT2D eigenvalue weighted by Gasteiger charge is -2.19. The van der Waals surface area contributed by atoms with Gasteiger partial charge in [0.25, 0.3) is 5.91 Å². The summed E-state index contributed by atoms with van der Waals surface area (Å²) in [4.78, 5) is 23.9. The summed E-state index contributed by atoms with van der Waals surface area (Å²) >= 11 is 0. The minimum Gasteiger partial charge on any atom is -0.481 e. The van der Waals surface area contributed by atoms with Crippen LogP contribution in [0.15, 0.2) is 41.3 Å². The monoisotopic (exact) mass is 393 g/mol. The lowest BCUT2D eigenvalue weighted by molar-refractivity contribution is -0.137. The predicted octanol–water partition coefficient (Wildman–Crippen LogP) is 2.79. The number of carbonyl (C=O) groups is 2. The summed E-state index contributed by atoms with van der Waals surface area (Å²) in [5, 5.41) is 11.7. The second kappa shape index (κ2) is 7.87. The number of benzene rings is 2. The smallest absolute Gasteiger partial charge is 0.305 e. The van der Waals surface area contributed by atoms with Crippen molar-refractivity contribution in [2.45, 2.75) is 31.2 Å². The number of halogens is 1. The fourth-order valence-corrected chi connectivity index (χ4v) is 3.36. The van der Waals surface area contributed by atoms with E-state index in [-0.39, 0.29) is 10.5 Å². The minimum atomic E-state index is -3.52. The third-order valence-electron chi connectivity index (χ3n) is 4.27. The first kappa shape index (κ1) is 20.6. The van der Waals surface area contributed by atoms with E-state index in [1.54, 1.807) is 13.8 Å². The molecule has 0 bridgehead atoms. The number of amides is 1. The maximum absolute atomic E-state index is 13.1. The Morgan fingerprint density at radius 2 is 1.74 bits per heavy atom. The van der Waals surface area contributed by atoms with E-state index in [1.165, 1.54) is 36.4 Å². The summed E-state index contributed by atoms with van der Waals surface area (Å²) in [7, 11) is -3.52. The van der Waals surface area contributed by atoms with Crippen LogP contribution in [-0.2, 0) is 14.6 Å². The van der Waals surface area contributed by atoms with Crippen LogP contribution in [0.1, 0.15) is 39.5 Å². The molecule has 2 rings (SSSR count). The van der Waals surface area contributed by atoms with Crippen molar-refractivity contribution in [2.24, 2.45) is 0 Å². The molecule has 0 spiro atoms. The van der Waals surface area contributed by atoms with Gasteiger partial charge in [-0.25, -0.2) is 12.8 Å². The summed E-state index contributed by atoms with van der Waals surface area (Å²) in [6, 6.07) is 7.01. The van der Waals surface area contributed by atoms with Gasteiger partial charge in [0.2, 0.25) is 0 Å². The van der Waals surface area contributed by atoms with Crippen LogP contribution < -0.4 is 5.32 Å². The van der Waals surface area contributed by atoms with Crippen LogP contribution in [-0.4, -0.2) is 31.7 Å². The van der Waals surface area contributed by atoms with Gasteiger partial charge >= 0.3 is 5.97 Å². The SMILES string of the molecule is Cc1cc(S(C)(=O)=O)cc(C(=O)NC(CC(=O)O)c2ccc(F)cc2)c1C.